The molecule has 0 aliphatic carbocycles. The minimum Gasteiger partial charge on any atom is -0.330 e. The lowest BCUT2D eigenvalue weighted by atomic mass is 10.1. The van der Waals surface area contributed by atoms with Gasteiger partial charge in [0.2, 0.25) is 0 Å². The van der Waals surface area contributed by atoms with Crippen molar-refractivity contribution in [1.82, 2.24) is 9.80 Å². The maximum atomic E-state index is 5.60. The van der Waals surface area contributed by atoms with Crippen LogP contribution in [0.4, 0.5) is 0 Å². The van der Waals surface area contributed by atoms with E-state index in [1.165, 1.54) is 39.1 Å². The quantitative estimate of drug-likeness (QED) is 0.603. The van der Waals surface area contributed by atoms with E-state index in [2.05, 4.69) is 37.5 Å². The number of rotatable bonds is 11. The van der Waals surface area contributed by atoms with Gasteiger partial charge in [-0.1, -0.05) is 27.7 Å². The molecule has 2 N–H and O–H groups in total. The average Bonchev–Trinajstić information content (AvgIpc) is 2.33. The van der Waals surface area contributed by atoms with Gasteiger partial charge < -0.3 is 15.5 Å². The highest BCUT2D eigenvalue weighted by molar-refractivity contribution is 4.63. The molecule has 0 fully saturated rings. The second-order valence-corrected chi connectivity index (χ2v) is 4.96. The van der Waals surface area contributed by atoms with Gasteiger partial charge in [-0.25, -0.2) is 0 Å². The Labute approximate surface area is 108 Å². The van der Waals surface area contributed by atoms with E-state index in [1.54, 1.807) is 0 Å². The minimum atomic E-state index is 0.730. The monoisotopic (exact) mass is 243 g/mol. The maximum Gasteiger partial charge on any atom is 0.000738 e. The fraction of sp³-hybridized carbons (Fsp3) is 1.00. The lowest BCUT2D eigenvalue weighted by Gasteiger charge is -2.25. The summed E-state index contributed by atoms with van der Waals surface area (Å²) in [4.78, 5) is 5.06. The van der Waals surface area contributed by atoms with Gasteiger partial charge >= 0.3 is 0 Å². The highest BCUT2D eigenvalue weighted by atomic mass is 15.1. The van der Waals surface area contributed by atoms with Crippen LogP contribution < -0.4 is 5.73 Å². The van der Waals surface area contributed by atoms with Gasteiger partial charge in [-0.2, -0.15) is 0 Å². The minimum absolute atomic E-state index is 0.730. The molecule has 0 spiro atoms. The molecule has 0 saturated heterocycles. The lowest BCUT2D eigenvalue weighted by molar-refractivity contribution is 0.219. The summed E-state index contributed by atoms with van der Waals surface area (Å²) in [5.74, 6) is 0.730. The fourth-order valence-electron chi connectivity index (χ4n) is 2.25. The van der Waals surface area contributed by atoms with Gasteiger partial charge in [0.05, 0.1) is 0 Å². The van der Waals surface area contributed by atoms with E-state index >= 15 is 0 Å². The summed E-state index contributed by atoms with van der Waals surface area (Å²) in [6.45, 7) is 17.0. The van der Waals surface area contributed by atoms with Gasteiger partial charge in [0.25, 0.3) is 0 Å². The van der Waals surface area contributed by atoms with Crippen molar-refractivity contribution >= 4 is 0 Å². The number of nitrogens with zero attached hydrogens (tertiary/aromatic N) is 2. The molecule has 0 aromatic rings. The summed E-state index contributed by atoms with van der Waals surface area (Å²) in [7, 11) is 0. The molecule has 0 aromatic carbocycles. The maximum absolute atomic E-state index is 5.60. The lowest BCUT2D eigenvalue weighted by Crippen LogP contribution is -2.33. The van der Waals surface area contributed by atoms with Crippen LogP contribution in [0.1, 0.15) is 40.5 Å². The van der Waals surface area contributed by atoms with E-state index in [9.17, 15) is 0 Å². The van der Waals surface area contributed by atoms with Crippen molar-refractivity contribution < 1.29 is 0 Å². The second-order valence-electron chi connectivity index (χ2n) is 4.96. The molecule has 1 unspecified atom stereocenters. The highest BCUT2D eigenvalue weighted by Gasteiger charge is 2.08. The SMILES string of the molecule is CCN(CC)CCCN(CC)CC(C)CCN. The predicted molar refractivity (Wildman–Crippen MR) is 77.4 cm³/mol. The Kier molecular flexibility index (Phi) is 10.9. The molecule has 0 aliphatic rings. The molecule has 0 aliphatic heterocycles. The molecule has 0 radical (unpaired) electrons. The third-order valence-corrected chi connectivity index (χ3v) is 3.52. The topological polar surface area (TPSA) is 32.5 Å². The van der Waals surface area contributed by atoms with Crippen molar-refractivity contribution in [2.75, 3.05) is 45.8 Å². The van der Waals surface area contributed by atoms with E-state index in [-0.39, 0.29) is 0 Å². The van der Waals surface area contributed by atoms with E-state index in [1.807, 2.05) is 0 Å². The first-order valence-electron chi connectivity index (χ1n) is 7.32. The van der Waals surface area contributed by atoms with Crippen molar-refractivity contribution in [3.8, 4) is 0 Å². The first kappa shape index (κ1) is 16.9. The van der Waals surface area contributed by atoms with Gasteiger partial charge in [0, 0.05) is 6.54 Å². The Balaban J connectivity index is 3.73. The van der Waals surface area contributed by atoms with Gasteiger partial charge in [0.1, 0.15) is 0 Å². The molecular formula is C14H33N3. The predicted octanol–water partition coefficient (Wildman–Crippen LogP) is 2.03. The van der Waals surface area contributed by atoms with Gasteiger partial charge in [-0.15, -0.1) is 0 Å². The first-order valence-corrected chi connectivity index (χ1v) is 7.32. The van der Waals surface area contributed by atoms with Crippen molar-refractivity contribution in [1.29, 1.82) is 0 Å². The molecule has 3 nitrogen and oxygen atoms in total. The Bertz CT molecular complexity index is 158. The van der Waals surface area contributed by atoms with E-state index in [4.69, 9.17) is 5.73 Å². The molecule has 0 heterocycles. The zero-order valence-electron chi connectivity index (χ0n) is 12.4. The summed E-state index contributed by atoms with van der Waals surface area (Å²) in [6, 6.07) is 0. The van der Waals surface area contributed by atoms with Crippen LogP contribution in [0.25, 0.3) is 0 Å². The zero-order chi connectivity index (χ0) is 13.1. The van der Waals surface area contributed by atoms with E-state index in [0.29, 0.717) is 0 Å². The third-order valence-electron chi connectivity index (χ3n) is 3.52. The zero-order valence-corrected chi connectivity index (χ0v) is 12.4. The Morgan fingerprint density at radius 1 is 0.941 bits per heavy atom. The number of hydrogen-bond donors (Lipinski definition) is 1. The molecule has 1 atom stereocenters. The number of nitrogens with two attached hydrogens (primary N) is 1. The normalized spacial score (nSPS) is 13.6. The largest absolute Gasteiger partial charge is 0.330 e. The summed E-state index contributed by atoms with van der Waals surface area (Å²) < 4.78 is 0. The van der Waals surface area contributed by atoms with Crippen LogP contribution in [0.3, 0.4) is 0 Å². The van der Waals surface area contributed by atoms with Crippen LogP contribution in [0.15, 0.2) is 0 Å². The summed E-state index contributed by atoms with van der Waals surface area (Å²) in [5.41, 5.74) is 5.60. The standard InChI is InChI=1S/C14H33N3/c1-5-16(6-2)11-8-12-17(7-3)13-14(4)9-10-15/h14H,5-13,15H2,1-4H3. The Hall–Kier alpha value is -0.120. The summed E-state index contributed by atoms with van der Waals surface area (Å²) >= 11 is 0. The molecule has 0 bridgehead atoms. The highest BCUT2D eigenvalue weighted by Crippen LogP contribution is 2.05. The smallest absolute Gasteiger partial charge is 0.000738 e. The van der Waals surface area contributed by atoms with Crippen molar-refractivity contribution in [2.24, 2.45) is 11.7 Å². The third kappa shape index (κ3) is 8.58. The van der Waals surface area contributed by atoms with Crippen LogP contribution in [-0.2, 0) is 0 Å². The van der Waals surface area contributed by atoms with Crippen LogP contribution >= 0.6 is 0 Å². The Morgan fingerprint density at radius 2 is 1.47 bits per heavy atom. The van der Waals surface area contributed by atoms with Crippen LogP contribution in [-0.4, -0.2) is 55.6 Å². The van der Waals surface area contributed by atoms with Crippen LogP contribution in [0.5, 0.6) is 0 Å². The summed E-state index contributed by atoms with van der Waals surface area (Å²) in [6.07, 6.45) is 2.43. The molecule has 0 amide bonds. The Morgan fingerprint density at radius 3 is 1.94 bits per heavy atom. The van der Waals surface area contributed by atoms with Gasteiger partial charge in [-0.05, 0) is 58.0 Å². The van der Waals surface area contributed by atoms with Crippen molar-refractivity contribution in [3.05, 3.63) is 0 Å². The molecule has 0 saturated carbocycles. The molecule has 17 heavy (non-hydrogen) atoms. The van der Waals surface area contributed by atoms with E-state index < -0.39 is 0 Å². The summed E-state index contributed by atoms with van der Waals surface area (Å²) in [5, 5.41) is 0. The number of hydrogen-bond acceptors (Lipinski definition) is 3. The second kappa shape index (κ2) is 11.0. The van der Waals surface area contributed by atoms with Gasteiger partial charge in [-0.3, -0.25) is 0 Å². The van der Waals surface area contributed by atoms with Gasteiger partial charge in [0.15, 0.2) is 0 Å². The van der Waals surface area contributed by atoms with Crippen LogP contribution in [0, 0.1) is 5.92 Å². The molecule has 3 heteroatoms. The van der Waals surface area contributed by atoms with E-state index in [0.717, 1.165) is 25.4 Å². The molecular weight excluding hydrogens is 210 g/mol. The van der Waals surface area contributed by atoms with Crippen molar-refractivity contribution in [3.63, 3.8) is 0 Å². The molecule has 0 rings (SSSR count). The van der Waals surface area contributed by atoms with Crippen molar-refractivity contribution in [2.45, 2.75) is 40.5 Å². The average molecular weight is 243 g/mol. The molecule has 104 valence electrons. The molecule has 0 aromatic heterocycles. The first-order chi connectivity index (χ1) is 8.17. The fourth-order valence-corrected chi connectivity index (χ4v) is 2.25. The van der Waals surface area contributed by atoms with Crippen LogP contribution in [0.2, 0.25) is 0 Å².